The Balaban J connectivity index is 2.28. The molecule has 2 rings (SSSR count). The maximum Gasteiger partial charge on any atom is 0.259 e. The van der Waals surface area contributed by atoms with Gasteiger partial charge in [-0.3, -0.25) is 9.78 Å². The van der Waals surface area contributed by atoms with Gasteiger partial charge in [0.15, 0.2) is 0 Å². The van der Waals surface area contributed by atoms with E-state index in [1.54, 1.807) is 26.0 Å². The van der Waals surface area contributed by atoms with Crippen LogP contribution in [0.3, 0.4) is 0 Å². The lowest BCUT2D eigenvalue weighted by Gasteiger charge is -2.10. The van der Waals surface area contributed by atoms with Crippen molar-refractivity contribution >= 4 is 17.3 Å². The fraction of sp³-hybridized carbons (Fsp3) is 0.143. The van der Waals surface area contributed by atoms with Gasteiger partial charge in [-0.1, -0.05) is 6.07 Å². The van der Waals surface area contributed by atoms with Crippen LogP contribution in [0.2, 0.25) is 0 Å². The van der Waals surface area contributed by atoms with Gasteiger partial charge in [-0.25, -0.2) is 4.39 Å². The molecule has 1 heterocycles. The second-order valence-corrected chi connectivity index (χ2v) is 4.33. The average Bonchev–Trinajstić information content (AvgIpc) is 2.33. The van der Waals surface area contributed by atoms with E-state index in [0.717, 1.165) is 11.3 Å². The maximum atomic E-state index is 13.1. The number of carbonyl (C=O) groups is 1. The largest absolute Gasteiger partial charge is 0.398 e. The number of rotatable bonds is 2. The number of amides is 1. The summed E-state index contributed by atoms with van der Waals surface area (Å²) in [6.45, 7) is 3.57. The summed E-state index contributed by atoms with van der Waals surface area (Å²) < 4.78 is 13.1. The number of nitrogens with two attached hydrogens (primary N) is 1. The Labute approximate surface area is 110 Å². The van der Waals surface area contributed by atoms with E-state index in [1.807, 2.05) is 0 Å². The van der Waals surface area contributed by atoms with E-state index in [2.05, 4.69) is 10.3 Å². The molecule has 0 aliphatic carbocycles. The van der Waals surface area contributed by atoms with Crippen LogP contribution in [0.5, 0.6) is 0 Å². The van der Waals surface area contributed by atoms with Gasteiger partial charge in [0.1, 0.15) is 5.82 Å². The van der Waals surface area contributed by atoms with Crippen molar-refractivity contribution in [2.75, 3.05) is 11.1 Å². The Kier molecular flexibility index (Phi) is 3.46. The standard InChI is InChI=1S/C14H14FN3O/c1-8-3-4-10(15)6-13(8)18-14(19)11-7-17-9(2)5-12(11)16/h3-7H,1-2H3,(H2,16,17)(H,18,19). The van der Waals surface area contributed by atoms with Gasteiger partial charge in [0.05, 0.1) is 5.56 Å². The molecule has 19 heavy (non-hydrogen) atoms. The number of hydrogen-bond acceptors (Lipinski definition) is 3. The van der Waals surface area contributed by atoms with E-state index in [9.17, 15) is 9.18 Å². The predicted octanol–water partition coefficient (Wildman–Crippen LogP) is 2.67. The fourth-order valence-corrected chi connectivity index (χ4v) is 1.69. The highest BCUT2D eigenvalue weighted by molar-refractivity contribution is 6.07. The lowest BCUT2D eigenvalue weighted by molar-refractivity contribution is 0.102. The molecule has 0 saturated heterocycles. The number of benzene rings is 1. The Morgan fingerprint density at radius 3 is 2.74 bits per heavy atom. The van der Waals surface area contributed by atoms with Crippen LogP contribution in [0.15, 0.2) is 30.5 Å². The van der Waals surface area contributed by atoms with Gasteiger partial charge >= 0.3 is 0 Å². The van der Waals surface area contributed by atoms with Crippen LogP contribution in [0.1, 0.15) is 21.6 Å². The van der Waals surface area contributed by atoms with Crippen LogP contribution in [-0.4, -0.2) is 10.9 Å². The monoisotopic (exact) mass is 259 g/mol. The van der Waals surface area contributed by atoms with Crippen LogP contribution in [-0.2, 0) is 0 Å². The van der Waals surface area contributed by atoms with Crippen molar-refractivity contribution in [2.24, 2.45) is 0 Å². The molecule has 2 aromatic rings. The molecule has 4 nitrogen and oxygen atoms in total. The lowest BCUT2D eigenvalue weighted by atomic mass is 10.1. The van der Waals surface area contributed by atoms with Crippen molar-refractivity contribution in [3.05, 3.63) is 53.1 Å². The Morgan fingerprint density at radius 1 is 1.32 bits per heavy atom. The van der Waals surface area contributed by atoms with E-state index in [1.165, 1.54) is 18.3 Å². The van der Waals surface area contributed by atoms with Crippen LogP contribution < -0.4 is 11.1 Å². The van der Waals surface area contributed by atoms with Gasteiger partial charge in [0.25, 0.3) is 5.91 Å². The number of nitrogens with zero attached hydrogens (tertiary/aromatic N) is 1. The molecule has 0 radical (unpaired) electrons. The third-order valence-corrected chi connectivity index (χ3v) is 2.77. The van der Waals surface area contributed by atoms with Crippen molar-refractivity contribution in [3.63, 3.8) is 0 Å². The number of nitrogens with one attached hydrogen (secondary N) is 1. The molecule has 5 heteroatoms. The molecule has 98 valence electrons. The van der Waals surface area contributed by atoms with Gasteiger partial charge < -0.3 is 11.1 Å². The average molecular weight is 259 g/mol. The van der Waals surface area contributed by atoms with Gasteiger partial charge in [0, 0.05) is 23.3 Å². The van der Waals surface area contributed by atoms with E-state index >= 15 is 0 Å². The second kappa shape index (κ2) is 5.06. The molecule has 1 amide bonds. The molecular formula is C14H14FN3O. The summed E-state index contributed by atoms with van der Waals surface area (Å²) in [6, 6.07) is 5.83. The molecule has 1 aromatic carbocycles. The molecule has 0 unspecified atom stereocenters. The Morgan fingerprint density at radius 2 is 2.05 bits per heavy atom. The first-order valence-corrected chi connectivity index (χ1v) is 5.77. The van der Waals surface area contributed by atoms with Crippen molar-refractivity contribution < 1.29 is 9.18 Å². The quantitative estimate of drug-likeness (QED) is 0.871. The normalized spacial score (nSPS) is 10.3. The molecule has 0 bridgehead atoms. The van der Waals surface area contributed by atoms with Gasteiger partial charge in [-0.05, 0) is 37.6 Å². The van der Waals surface area contributed by atoms with E-state index in [0.29, 0.717) is 11.4 Å². The molecule has 0 aliphatic heterocycles. The van der Waals surface area contributed by atoms with Crippen LogP contribution in [0, 0.1) is 19.7 Å². The summed E-state index contributed by atoms with van der Waals surface area (Å²) in [5.41, 5.74) is 8.31. The first-order chi connectivity index (χ1) is 8.97. The molecule has 1 aromatic heterocycles. The minimum Gasteiger partial charge on any atom is -0.398 e. The topological polar surface area (TPSA) is 68.0 Å². The molecule has 0 fully saturated rings. The summed E-state index contributed by atoms with van der Waals surface area (Å²) in [6.07, 6.45) is 1.41. The van der Waals surface area contributed by atoms with Crippen LogP contribution in [0.25, 0.3) is 0 Å². The highest BCUT2D eigenvalue weighted by Gasteiger charge is 2.12. The van der Waals surface area contributed by atoms with Crippen molar-refractivity contribution in [1.29, 1.82) is 0 Å². The van der Waals surface area contributed by atoms with Gasteiger partial charge in [0.2, 0.25) is 0 Å². The van der Waals surface area contributed by atoms with Crippen LogP contribution >= 0.6 is 0 Å². The molecular weight excluding hydrogens is 245 g/mol. The molecule has 0 saturated carbocycles. The molecule has 0 atom stereocenters. The number of nitrogen functional groups attached to an aromatic ring is 1. The minimum atomic E-state index is -0.407. The third kappa shape index (κ3) is 2.88. The van der Waals surface area contributed by atoms with Gasteiger partial charge in [-0.2, -0.15) is 0 Å². The maximum absolute atomic E-state index is 13.1. The van der Waals surface area contributed by atoms with Crippen LogP contribution in [0.4, 0.5) is 15.8 Å². The highest BCUT2D eigenvalue weighted by Crippen LogP contribution is 2.19. The van der Waals surface area contributed by atoms with Crippen molar-refractivity contribution in [1.82, 2.24) is 4.98 Å². The number of carbonyl (C=O) groups excluding carboxylic acids is 1. The minimum absolute atomic E-state index is 0.272. The van der Waals surface area contributed by atoms with E-state index < -0.39 is 11.7 Å². The Hall–Kier alpha value is -2.43. The predicted molar refractivity (Wildman–Crippen MR) is 72.5 cm³/mol. The number of halogens is 1. The third-order valence-electron chi connectivity index (χ3n) is 2.77. The number of aryl methyl sites for hydroxylation is 2. The van der Waals surface area contributed by atoms with Crippen molar-refractivity contribution in [3.8, 4) is 0 Å². The summed E-state index contributed by atoms with van der Waals surface area (Å²) in [5, 5.41) is 2.63. The number of hydrogen-bond donors (Lipinski definition) is 2. The van der Waals surface area contributed by atoms with Gasteiger partial charge in [-0.15, -0.1) is 0 Å². The zero-order chi connectivity index (χ0) is 14.0. The highest BCUT2D eigenvalue weighted by atomic mass is 19.1. The lowest BCUT2D eigenvalue weighted by Crippen LogP contribution is -2.15. The van der Waals surface area contributed by atoms with E-state index in [4.69, 9.17) is 5.73 Å². The molecule has 3 N–H and O–H groups in total. The fourth-order valence-electron chi connectivity index (χ4n) is 1.69. The Bertz CT molecular complexity index is 641. The second-order valence-electron chi connectivity index (χ2n) is 4.33. The van der Waals surface area contributed by atoms with Crippen molar-refractivity contribution in [2.45, 2.75) is 13.8 Å². The van der Waals surface area contributed by atoms with E-state index in [-0.39, 0.29) is 5.56 Å². The smallest absolute Gasteiger partial charge is 0.259 e. The zero-order valence-electron chi connectivity index (χ0n) is 10.7. The first-order valence-electron chi connectivity index (χ1n) is 5.77. The summed E-state index contributed by atoms with van der Waals surface area (Å²) in [5.74, 6) is -0.811. The SMILES string of the molecule is Cc1cc(N)c(C(=O)Nc2cc(F)ccc2C)cn1. The number of aromatic nitrogens is 1. The summed E-state index contributed by atoms with van der Waals surface area (Å²) in [7, 11) is 0. The molecule has 0 spiro atoms. The molecule has 0 aliphatic rings. The summed E-state index contributed by atoms with van der Waals surface area (Å²) >= 11 is 0. The zero-order valence-corrected chi connectivity index (χ0v) is 10.7. The number of anilines is 2. The number of pyridine rings is 1. The summed E-state index contributed by atoms with van der Waals surface area (Å²) in [4.78, 5) is 16.1. The first kappa shape index (κ1) is 13.0.